The molecular weight excluding hydrogens is 344 g/mol. The second-order valence-electron chi connectivity index (χ2n) is 7.81. The van der Waals surface area contributed by atoms with Crippen LogP contribution in [0.25, 0.3) is 22.6 Å². The van der Waals surface area contributed by atoms with Crippen LogP contribution in [0.3, 0.4) is 0 Å². The lowest BCUT2D eigenvalue weighted by atomic mass is 9.86. The first-order valence-electron chi connectivity index (χ1n) is 9.30. The van der Waals surface area contributed by atoms with Gasteiger partial charge in [0.05, 0.1) is 17.5 Å². The molecule has 1 atom stereocenters. The molecule has 7 heteroatoms. The number of imidazole rings is 1. The van der Waals surface area contributed by atoms with Gasteiger partial charge in [-0.15, -0.1) is 0 Å². The van der Waals surface area contributed by atoms with Crippen molar-refractivity contribution in [1.29, 1.82) is 0 Å². The lowest BCUT2D eigenvalue weighted by molar-refractivity contribution is -0.0740. The van der Waals surface area contributed by atoms with E-state index in [1.165, 1.54) is 0 Å². The van der Waals surface area contributed by atoms with Crippen LogP contribution in [0.5, 0.6) is 5.75 Å². The summed E-state index contributed by atoms with van der Waals surface area (Å²) in [5.74, 6) is 0.726. The van der Waals surface area contributed by atoms with Crippen molar-refractivity contribution in [3.63, 3.8) is 0 Å². The fraction of sp³-hybridized carbons (Fsp3) is 0.450. The average Bonchev–Trinajstić information content (AvgIpc) is 2.94. The Kier molecular flexibility index (Phi) is 4.47. The van der Waals surface area contributed by atoms with Crippen LogP contribution in [0.2, 0.25) is 0 Å². The highest BCUT2D eigenvalue weighted by Gasteiger charge is 2.28. The summed E-state index contributed by atoms with van der Waals surface area (Å²) in [4.78, 5) is 24.2. The minimum absolute atomic E-state index is 0.0973. The van der Waals surface area contributed by atoms with E-state index >= 15 is 0 Å². The topological polar surface area (TPSA) is 93.0 Å². The number of benzene rings is 1. The van der Waals surface area contributed by atoms with Crippen molar-refractivity contribution in [3.05, 3.63) is 40.9 Å². The molecule has 0 radical (unpaired) electrons. The van der Waals surface area contributed by atoms with Crippen LogP contribution < -0.4 is 5.69 Å². The van der Waals surface area contributed by atoms with Crippen LogP contribution in [0.15, 0.2) is 35.3 Å². The van der Waals surface area contributed by atoms with E-state index in [2.05, 4.69) is 28.8 Å². The minimum atomic E-state index is -0.181. The van der Waals surface area contributed by atoms with E-state index in [1.54, 1.807) is 35.0 Å². The van der Waals surface area contributed by atoms with Gasteiger partial charge >= 0.3 is 5.69 Å². The van der Waals surface area contributed by atoms with Crippen molar-refractivity contribution in [3.8, 4) is 17.0 Å². The van der Waals surface area contributed by atoms with Crippen molar-refractivity contribution in [2.75, 3.05) is 6.61 Å². The highest BCUT2D eigenvalue weighted by atomic mass is 16.5. The summed E-state index contributed by atoms with van der Waals surface area (Å²) in [7, 11) is 0. The second kappa shape index (κ2) is 6.81. The molecular formula is C20H24N4O3. The fourth-order valence-electron chi connectivity index (χ4n) is 3.82. The van der Waals surface area contributed by atoms with Gasteiger partial charge in [0.15, 0.2) is 11.3 Å². The summed E-state index contributed by atoms with van der Waals surface area (Å²) < 4.78 is 7.46. The number of aromatic nitrogens is 4. The smallest absolute Gasteiger partial charge is 0.328 e. The number of phenolic OH excluding ortho intramolecular Hbond substituents is 1. The van der Waals surface area contributed by atoms with Gasteiger partial charge in [0.1, 0.15) is 5.75 Å². The molecule has 1 unspecified atom stereocenters. The first kappa shape index (κ1) is 17.7. The Morgan fingerprint density at radius 3 is 2.85 bits per heavy atom. The van der Waals surface area contributed by atoms with Gasteiger partial charge in [-0.1, -0.05) is 0 Å². The van der Waals surface area contributed by atoms with Gasteiger partial charge in [0.25, 0.3) is 0 Å². The molecule has 1 fully saturated rings. The number of phenols is 1. The Hall–Kier alpha value is -2.67. The number of aromatic amines is 1. The molecule has 0 aliphatic carbocycles. The standard InChI is InChI=1S/C20H24N4O3/c1-20(2)11-13(8-10-27-20)7-9-24-18-17(23-19(24)26)21-12-16(22-18)14-3-5-15(25)6-4-14/h3-6,12-13,25H,7-11H2,1-2H3,(H,21,23,26). The largest absolute Gasteiger partial charge is 0.508 e. The predicted octanol–water partition coefficient (Wildman–Crippen LogP) is 3.09. The van der Waals surface area contributed by atoms with E-state index in [9.17, 15) is 9.90 Å². The molecule has 2 aromatic heterocycles. The Labute approximate surface area is 157 Å². The monoisotopic (exact) mass is 368 g/mol. The SMILES string of the molecule is CC1(C)CC(CCn2c(=O)[nH]c3ncc(-c4ccc(O)cc4)nc32)CCO1. The summed E-state index contributed by atoms with van der Waals surface area (Å²) >= 11 is 0. The average molecular weight is 368 g/mol. The molecule has 2 N–H and O–H groups in total. The maximum Gasteiger partial charge on any atom is 0.328 e. The summed E-state index contributed by atoms with van der Waals surface area (Å²) in [5.41, 5.74) is 2.29. The molecule has 3 aromatic rings. The van der Waals surface area contributed by atoms with Gasteiger partial charge in [-0.3, -0.25) is 9.55 Å². The third kappa shape index (κ3) is 3.73. The molecule has 0 amide bonds. The Balaban J connectivity index is 1.60. The first-order valence-corrected chi connectivity index (χ1v) is 9.30. The van der Waals surface area contributed by atoms with E-state index in [-0.39, 0.29) is 17.0 Å². The molecule has 0 spiro atoms. The zero-order chi connectivity index (χ0) is 19.0. The molecule has 27 heavy (non-hydrogen) atoms. The van der Waals surface area contributed by atoms with Gasteiger partial charge in [-0.05, 0) is 63.3 Å². The van der Waals surface area contributed by atoms with Crippen LogP contribution in [0.1, 0.15) is 33.1 Å². The maximum absolute atomic E-state index is 12.4. The van der Waals surface area contributed by atoms with Crippen LogP contribution in [-0.4, -0.2) is 36.8 Å². The Morgan fingerprint density at radius 2 is 2.11 bits per heavy atom. The van der Waals surface area contributed by atoms with Crippen molar-refractivity contribution < 1.29 is 9.84 Å². The van der Waals surface area contributed by atoms with Crippen LogP contribution in [-0.2, 0) is 11.3 Å². The van der Waals surface area contributed by atoms with E-state index in [0.29, 0.717) is 29.5 Å². The number of ether oxygens (including phenoxy) is 1. The number of fused-ring (bicyclic) bond motifs is 1. The fourth-order valence-corrected chi connectivity index (χ4v) is 3.82. The first-order chi connectivity index (χ1) is 12.9. The maximum atomic E-state index is 12.4. The number of nitrogens with zero attached hydrogens (tertiary/aromatic N) is 3. The van der Waals surface area contributed by atoms with E-state index in [1.807, 2.05) is 0 Å². The number of aromatic hydroxyl groups is 1. The molecule has 0 saturated carbocycles. The number of hydrogen-bond donors (Lipinski definition) is 2. The molecule has 4 rings (SSSR count). The summed E-state index contributed by atoms with van der Waals surface area (Å²) in [5, 5.41) is 9.46. The van der Waals surface area contributed by atoms with E-state index in [0.717, 1.165) is 31.4 Å². The number of rotatable bonds is 4. The molecule has 1 aromatic carbocycles. The van der Waals surface area contributed by atoms with Crippen molar-refractivity contribution in [1.82, 2.24) is 19.5 Å². The number of hydrogen-bond acceptors (Lipinski definition) is 5. The quantitative estimate of drug-likeness (QED) is 0.738. The highest BCUT2D eigenvalue weighted by Crippen LogP contribution is 2.31. The summed E-state index contributed by atoms with van der Waals surface area (Å²) in [6.07, 6.45) is 4.56. The van der Waals surface area contributed by atoms with Gasteiger partial charge < -0.3 is 9.84 Å². The number of nitrogens with one attached hydrogen (secondary N) is 1. The van der Waals surface area contributed by atoms with E-state index in [4.69, 9.17) is 4.74 Å². The summed E-state index contributed by atoms with van der Waals surface area (Å²) in [6.45, 7) is 5.61. The normalized spacial score (nSPS) is 19.4. The zero-order valence-corrected chi connectivity index (χ0v) is 15.6. The van der Waals surface area contributed by atoms with Crippen molar-refractivity contribution in [2.45, 2.75) is 45.3 Å². The number of aryl methyl sites for hydroxylation is 1. The Bertz CT molecular complexity index is 1000. The van der Waals surface area contributed by atoms with Crippen LogP contribution in [0.4, 0.5) is 0 Å². The number of H-pyrrole nitrogens is 1. The predicted molar refractivity (Wildman–Crippen MR) is 103 cm³/mol. The Morgan fingerprint density at radius 1 is 1.33 bits per heavy atom. The van der Waals surface area contributed by atoms with Crippen LogP contribution >= 0.6 is 0 Å². The third-order valence-electron chi connectivity index (χ3n) is 5.20. The molecule has 7 nitrogen and oxygen atoms in total. The minimum Gasteiger partial charge on any atom is -0.508 e. The molecule has 1 aliphatic heterocycles. The molecule has 3 heterocycles. The molecule has 0 bridgehead atoms. The molecule has 142 valence electrons. The van der Waals surface area contributed by atoms with Crippen molar-refractivity contribution in [2.24, 2.45) is 5.92 Å². The van der Waals surface area contributed by atoms with E-state index < -0.39 is 0 Å². The van der Waals surface area contributed by atoms with Gasteiger partial charge in [-0.2, -0.15) is 0 Å². The lowest BCUT2D eigenvalue weighted by Gasteiger charge is -2.35. The highest BCUT2D eigenvalue weighted by molar-refractivity contribution is 5.70. The van der Waals surface area contributed by atoms with Gasteiger partial charge in [-0.25, -0.2) is 14.8 Å². The molecule has 1 saturated heterocycles. The summed E-state index contributed by atoms with van der Waals surface area (Å²) in [6, 6.07) is 6.78. The molecule has 1 aliphatic rings. The second-order valence-corrected chi connectivity index (χ2v) is 7.81. The zero-order valence-electron chi connectivity index (χ0n) is 15.6. The van der Waals surface area contributed by atoms with Crippen LogP contribution in [0, 0.1) is 5.92 Å². The van der Waals surface area contributed by atoms with Gasteiger partial charge in [0.2, 0.25) is 0 Å². The lowest BCUT2D eigenvalue weighted by Crippen LogP contribution is -2.34. The van der Waals surface area contributed by atoms with Gasteiger partial charge in [0, 0.05) is 18.7 Å². The third-order valence-corrected chi connectivity index (χ3v) is 5.20. The van der Waals surface area contributed by atoms with Crippen molar-refractivity contribution >= 4 is 11.3 Å².